The number of fused-ring (bicyclic) bond motifs is 2. The van der Waals surface area contributed by atoms with Gasteiger partial charge in [-0.1, -0.05) is 37.3 Å². The van der Waals surface area contributed by atoms with Crippen LogP contribution in [0.3, 0.4) is 0 Å². The van der Waals surface area contributed by atoms with Crippen LogP contribution < -0.4 is 15.1 Å². The zero-order chi connectivity index (χ0) is 30.0. The molecule has 1 aromatic heterocycles. The Morgan fingerprint density at radius 3 is 2.57 bits per heavy atom. The van der Waals surface area contributed by atoms with Gasteiger partial charge in [-0.05, 0) is 92.6 Å². The molecule has 5 rings (SSSR count). The van der Waals surface area contributed by atoms with Crippen LogP contribution in [0.25, 0.3) is 21.9 Å². The van der Waals surface area contributed by atoms with Crippen LogP contribution in [-0.2, 0) is 20.8 Å². The lowest BCUT2D eigenvalue weighted by atomic mass is 9.80. The first-order chi connectivity index (χ1) is 20.3. The third kappa shape index (κ3) is 5.38. The van der Waals surface area contributed by atoms with E-state index in [1.807, 2.05) is 31.2 Å². The van der Waals surface area contributed by atoms with Gasteiger partial charge in [0.05, 0.1) is 5.69 Å². The van der Waals surface area contributed by atoms with E-state index in [2.05, 4.69) is 55.3 Å². The van der Waals surface area contributed by atoms with E-state index < -0.39 is 6.04 Å². The Hall–Kier alpha value is -4.20. The fraction of sp³-hybridized carbons (Fsp3) is 0.412. The average Bonchev–Trinajstić information content (AvgIpc) is 3.41. The van der Waals surface area contributed by atoms with Gasteiger partial charge in [-0.2, -0.15) is 4.98 Å². The Bertz CT molecular complexity index is 1600. The number of anilines is 2. The van der Waals surface area contributed by atoms with Gasteiger partial charge < -0.3 is 24.3 Å². The summed E-state index contributed by atoms with van der Waals surface area (Å²) in [5.74, 6) is -0.00921. The average molecular weight is 569 g/mol. The fourth-order valence-electron chi connectivity index (χ4n) is 6.75. The Kier molecular flexibility index (Phi) is 8.61. The summed E-state index contributed by atoms with van der Waals surface area (Å²) < 4.78 is 6.23. The van der Waals surface area contributed by atoms with Crippen molar-refractivity contribution >= 4 is 52.2 Å². The van der Waals surface area contributed by atoms with Gasteiger partial charge in [0.15, 0.2) is 5.58 Å². The topological polar surface area (TPSA) is 95.8 Å². The summed E-state index contributed by atoms with van der Waals surface area (Å²) in [5, 5.41) is 4.69. The quantitative estimate of drug-likeness (QED) is 0.233. The van der Waals surface area contributed by atoms with Crippen LogP contribution in [0, 0.1) is 6.92 Å². The Labute approximate surface area is 247 Å². The number of nitrogens with one attached hydrogen (secondary N) is 1. The van der Waals surface area contributed by atoms with Crippen molar-refractivity contribution in [3.8, 4) is 0 Å². The van der Waals surface area contributed by atoms with Crippen LogP contribution in [0.2, 0.25) is 0 Å². The molecule has 0 aliphatic carbocycles. The van der Waals surface area contributed by atoms with Crippen LogP contribution >= 0.6 is 0 Å². The SMILES string of the molecule is CCc1ccc2oc(N3C(C)CC(c4ccc(N(C=O)C(CCC=O)C(=O)NC)c5c(C)cccc45)CC3C)nc2c1. The first-order valence-electron chi connectivity index (χ1n) is 14.9. The first kappa shape index (κ1) is 29.3. The highest BCUT2D eigenvalue weighted by atomic mass is 16.4. The van der Waals surface area contributed by atoms with Crippen molar-refractivity contribution in [2.24, 2.45) is 0 Å². The van der Waals surface area contributed by atoms with Crippen LogP contribution in [0.5, 0.6) is 0 Å². The highest BCUT2D eigenvalue weighted by Crippen LogP contribution is 2.43. The van der Waals surface area contributed by atoms with Gasteiger partial charge in [0.2, 0.25) is 12.3 Å². The summed E-state index contributed by atoms with van der Waals surface area (Å²) in [6.45, 7) is 8.63. The molecule has 8 nitrogen and oxygen atoms in total. The van der Waals surface area contributed by atoms with Crippen LogP contribution in [0.1, 0.15) is 69.1 Å². The van der Waals surface area contributed by atoms with E-state index in [-0.39, 0.29) is 36.8 Å². The molecule has 0 radical (unpaired) electrons. The zero-order valence-corrected chi connectivity index (χ0v) is 25.1. The minimum Gasteiger partial charge on any atom is -0.423 e. The summed E-state index contributed by atoms with van der Waals surface area (Å²) in [6.07, 6.45) is 4.72. The molecule has 3 atom stereocenters. The van der Waals surface area contributed by atoms with Crippen molar-refractivity contribution in [2.75, 3.05) is 16.8 Å². The molecule has 1 aliphatic heterocycles. The number of likely N-dealkylation sites (N-methyl/N-ethyl adjacent to an activating group) is 1. The molecule has 42 heavy (non-hydrogen) atoms. The number of hydrogen-bond donors (Lipinski definition) is 1. The molecule has 1 fully saturated rings. The number of piperidine rings is 1. The molecule has 1 N–H and O–H groups in total. The molecule has 0 saturated carbocycles. The molecule has 4 aromatic rings. The summed E-state index contributed by atoms with van der Waals surface area (Å²) in [7, 11) is 1.55. The molecule has 3 aromatic carbocycles. The van der Waals surface area contributed by atoms with E-state index in [4.69, 9.17) is 9.40 Å². The van der Waals surface area contributed by atoms with Crippen molar-refractivity contribution in [1.29, 1.82) is 0 Å². The third-order valence-corrected chi connectivity index (χ3v) is 8.81. The first-order valence-corrected chi connectivity index (χ1v) is 14.9. The highest BCUT2D eigenvalue weighted by Gasteiger charge is 2.36. The van der Waals surface area contributed by atoms with E-state index >= 15 is 0 Å². The molecular formula is C34H40N4O4. The highest BCUT2D eigenvalue weighted by molar-refractivity contribution is 6.05. The van der Waals surface area contributed by atoms with Gasteiger partial charge in [0.25, 0.3) is 6.01 Å². The van der Waals surface area contributed by atoms with E-state index in [9.17, 15) is 14.4 Å². The van der Waals surface area contributed by atoms with Gasteiger partial charge in [-0.15, -0.1) is 0 Å². The second kappa shape index (κ2) is 12.3. The minimum atomic E-state index is -0.778. The fourth-order valence-corrected chi connectivity index (χ4v) is 6.75. The lowest BCUT2D eigenvalue weighted by molar-refractivity contribution is -0.123. The Balaban J connectivity index is 1.49. The molecule has 2 amide bonds. The molecule has 220 valence electrons. The molecule has 2 heterocycles. The molecule has 1 saturated heterocycles. The molecule has 8 heteroatoms. The lowest BCUT2D eigenvalue weighted by Crippen LogP contribution is -2.46. The van der Waals surface area contributed by atoms with Gasteiger partial charge in [0.1, 0.15) is 17.8 Å². The third-order valence-electron chi connectivity index (χ3n) is 8.81. The van der Waals surface area contributed by atoms with Crippen LogP contribution in [0.15, 0.2) is 52.9 Å². The van der Waals surface area contributed by atoms with E-state index in [0.717, 1.165) is 53.0 Å². The maximum Gasteiger partial charge on any atom is 0.298 e. The summed E-state index contributed by atoms with van der Waals surface area (Å²) in [6, 6.07) is 16.8. The molecule has 1 aliphatic rings. The second-order valence-electron chi connectivity index (χ2n) is 11.5. The van der Waals surface area contributed by atoms with E-state index in [1.54, 1.807) is 7.05 Å². The number of aromatic nitrogens is 1. The van der Waals surface area contributed by atoms with Crippen LogP contribution in [-0.4, -0.2) is 48.8 Å². The lowest BCUT2D eigenvalue weighted by Gasteiger charge is -2.42. The number of carbonyl (C=O) groups excluding carboxylic acids is 3. The Morgan fingerprint density at radius 2 is 1.90 bits per heavy atom. The number of benzene rings is 3. The number of amides is 2. The largest absolute Gasteiger partial charge is 0.423 e. The summed E-state index contributed by atoms with van der Waals surface area (Å²) >= 11 is 0. The Morgan fingerprint density at radius 1 is 1.14 bits per heavy atom. The predicted molar refractivity (Wildman–Crippen MR) is 167 cm³/mol. The zero-order valence-electron chi connectivity index (χ0n) is 25.1. The number of aldehydes is 1. The predicted octanol–water partition coefficient (Wildman–Crippen LogP) is 6.07. The molecule has 0 spiro atoms. The van der Waals surface area contributed by atoms with Crippen LogP contribution in [0.4, 0.5) is 11.7 Å². The van der Waals surface area contributed by atoms with E-state index in [0.29, 0.717) is 18.1 Å². The molecule has 0 bridgehead atoms. The van der Waals surface area contributed by atoms with Gasteiger partial charge in [-0.25, -0.2) is 0 Å². The smallest absolute Gasteiger partial charge is 0.298 e. The number of aryl methyl sites for hydroxylation is 2. The van der Waals surface area contributed by atoms with Crippen molar-refractivity contribution < 1.29 is 18.8 Å². The number of carbonyl (C=O) groups is 3. The minimum absolute atomic E-state index is 0.186. The summed E-state index contributed by atoms with van der Waals surface area (Å²) in [5.41, 5.74) is 5.88. The second-order valence-corrected chi connectivity index (χ2v) is 11.5. The normalized spacial score (nSPS) is 19.5. The standard InChI is InChI=1S/C34H40N4O4/c1-6-24-12-15-31-28(19-24)36-34(42-31)38-22(3)17-25(18-23(38)4)26-13-14-29(32-21(2)9-7-10-27(26)32)37(20-40)30(11-8-16-39)33(41)35-5/h7,9-10,12-16,19-20,22-23,25,30H,6,8,11,17-18H2,1-5H3,(H,35,41). The van der Waals surface area contributed by atoms with Crippen molar-refractivity contribution in [3.05, 3.63) is 65.2 Å². The van der Waals surface area contributed by atoms with Crippen molar-refractivity contribution in [3.63, 3.8) is 0 Å². The number of oxazole rings is 1. The number of hydrogen-bond acceptors (Lipinski definition) is 6. The maximum absolute atomic E-state index is 12.8. The van der Waals surface area contributed by atoms with Gasteiger partial charge in [0, 0.05) is 30.9 Å². The molecular weight excluding hydrogens is 528 g/mol. The van der Waals surface area contributed by atoms with Crippen molar-refractivity contribution in [2.45, 2.75) is 83.8 Å². The molecule has 3 unspecified atom stereocenters. The van der Waals surface area contributed by atoms with Gasteiger partial charge in [-0.3, -0.25) is 9.59 Å². The summed E-state index contributed by atoms with van der Waals surface area (Å²) in [4.78, 5) is 45.1. The van der Waals surface area contributed by atoms with E-state index in [1.165, 1.54) is 16.0 Å². The number of nitrogens with zero attached hydrogens (tertiary/aromatic N) is 3. The van der Waals surface area contributed by atoms with Crippen molar-refractivity contribution in [1.82, 2.24) is 10.3 Å². The van der Waals surface area contributed by atoms with Gasteiger partial charge >= 0.3 is 0 Å². The maximum atomic E-state index is 12.8. The monoisotopic (exact) mass is 568 g/mol. The number of rotatable bonds is 10.